The zero-order valence-electron chi connectivity index (χ0n) is 16.9. The van der Waals surface area contributed by atoms with Gasteiger partial charge in [0.05, 0.1) is 0 Å². The second-order valence-electron chi connectivity index (χ2n) is 7.11. The normalized spacial score (nSPS) is 15.7. The average molecular weight is 526 g/mol. The summed E-state index contributed by atoms with van der Waals surface area (Å²) in [5.74, 6) is 1.57. The van der Waals surface area contributed by atoms with E-state index in [9.17, 15) is 8.78 Å². The summed E-state index contributed by atoms with van der Waals surface area (Å²) < 4.78 is 40.7. The molecule has 2 N–H and O–H groups in total. The summed E-state index contributed by atoms with van der Waals surface area (Å²) in [4.78, 5) is 6.68. The zero-order valence-corrected chi connectivity index (χ0v) is 19.2. The van der Waals surface area contributed by atoms with Crippen LogP contribution in [-0.4, -0.2) is 56.5 Å². The van der Waals surface area contributed by atoms with Crippen LogP contribution in [0.5, 0.6) is 17.2 Å². The minimum absolute atomic E-state index is 0. The highest BCUT2D eigenvalue weighted by Gasteiger charge is 2.30. The summed E-state index contributed by atoms with van der Waals surface area (Å²) >= 11 is 0. The maximum absolute atomic E-state index is 12.7. The van der Waals surface area contributed by atoms with Gasteiger partial charge < -0.3 is 24.8 Å². The van der Waals surface area contributed by atoms with Crippen LogP contribution in [0.2, 0.25) is 0 Å². The number of aliphatic imine (C=N–C) groups is 1. The lowest BCUT2D eigenvalue weighted by Crippen LogP contribution is -2.43. The van der Waals surface area contributed by atoms with Crippen LogP contribution >= 0.6 is 24.0 Å². The summed E-state index contributed by atoms with van der Waals surface area (Å²) in [6.45, 7) is 3.49. The number of guanidine groups is 1. The molecule has 7 nitrogen and oxygen atoms in total. The fourth-order valence-electron chi connectivity index (χ4n) is 3.28. The van der Waals surface area contributed by atoms with Crippen molar-refractivity contribution in [3.63, 3.8) is 0 Å². The second-order valence-corrected chi connectivity index (χ2v) is 7.11. The fourth-order valence-corrected chi connectivity index (χ4v) is 3.28. The minimum atomic E-state index is -2.92. The molecule has 0 saturated heterocycles. The number of rotatable bonds is 9. The van der Waals surface area contributed by atoms with Crippen molar-refractivity contribution in [3.8, 4) is 17.2 Å². The van der Waals surface area contributed by atoms with Gasteiger partial charge in [0.2, 0.25) is 6.79 Å². The van der Waals surface area contributed by atoms with Gasteiger partial charge >= 0.3 is 6.61 Å². The summed E-state index contributed by atoms with van der Waals surface area (Å²) in [5.41, 5.74) is 0.536. The van der Waals surface area contributed by atoms with E-state index in [4.69, 9.17) is 9.47 Å². The van der Waals surface area contributed by atoms with Crippen LogP contribution in [0.3, 0.4) is 0 Å². The molecule has 1 aliphatic carbocycles. The van der Waals surface area contributed by atoms with Gasteiger partial charge in [-0.2, -0.15) is 8.78 Å². The minimum Gasteiger partial charge on any atom is -0.454 e. The van der Waals surface area contributed by atoms with Crippen LogP contribution < -0.4 is 24.8 Å². The molecule has 0 unspecified atom stereocenters. The summed E-state index contributed by atoms with van der Waals surface area (Å²) in [6, 6.07) is 4.28. The van der Waals surface area contributed by atoms with Crippen molar-refractivity contribution in [2.75, 3.05) is 26.9 Å². The molecule has 29 heavy (non-hydrogen) atoms. The highest BCUT2D eigenvalue weighted by atomic mass is 127. The summed E-state index contributed by atoms with van der Waals surface area (Å²) in [6.07, 6.45) is 2.53. The third-order valence-corrected chi connectivity index (χ3v) is 4.78. The van der Waals surface area contributed by atoms with E-state index in [2.05, 4.69) is 39.1 Å². The lowest BCUT2D eigenvalue weighted by molar-refractivity contribution is -0.0505. The molecule has 0 spiro atoms. The highest BCUT2D eigenvalue weighted by molar-refractivity contribution is 14.0. The van der Waals surface area contributed by atoms with E-state index in [1.54, 1.807) is 13.1 Å². The number of alkyl halides is 2. The zero-order chi connectivity index (χ0) is 20.1. The highest BCUT2D eigenvalue weighted by Crippen LogP contribution is 2.38. The van der Waals surface area contributed by atoms with Crippen LogP contribution in [0.4, 0.5) is 8.78 Å². The molecule has 1 aromatic rings. The molecule has 1 saturated carbocycles. The number of hydrogen-bond acceptors (Lipinski definition) is 5. The number of halogens is 3. The maximum atomic E-state index is 12.7. The Labute approximate surface area is 187 Å². The molecule has 0 bridgehead atoms. The molecule has 1 aromatic carbocycles. The summed E-state index contributed by atoms with van der Waals surface area (Å²) in [5, 5.41) is 6.41. The SMILES string of the molecule is CN=C(NCCN(C(C)C)C1CC1)NCc1cc2c(cc1OC(F)F)OCO2.I. The number of fused-ring (bicyclic) bond motifs is 1. The number of nitrogens with one attached hydrogen (secondary N) is 2. The van der Waals surface area contributed by atoms with E-state index >= 15 is 0 Å². The molecule has 0 radical (unpaired) electrons. The van der Waals surface area contributed by atoms with Gasteiger partial charge in [0.25, 0.3) is 0 Å². The van der Waals surface area contributed by atoms with Crippen molar-refractivity contribution < 1.29 is 23.0 Å². The smallest absolute Gasteiger partial charge is 0.387 e. The van der Waals surface area contributed by atoms with Gasteiger partial charge in [0, 0.05) is 50.4 Å². The van der Waals surface area contributed by atoms with Crippen molar-refractivity contribution in [1.29, 1.82) is 0 Å². The number of hydrogen-bond donors (Lipinski definition) is 2. The molecule has 3 rings (SSSR count). The Morgan fingerprint density at radius 3 is 2.52 bits per heavy atom. The van der Waals surface area contributed by atoms with Crippen LogP contribution in [0.25, 0.3) is 0 Å². The van der Waals surface area contributed by atoms with Crippen molar-refractivity contribution in [2.45, 2.75) is 51.9 Å². The third-order valence-electron chi connectivity index (χ3n) is 4.78. The molecule has 0 amide bonds. The summed E-state index contributed by atoms with van der Waals surface area (Å²) in [7, 11) is 1.67. The third kappa shape index (κ3) is 6.73. The van der Waals surface area contributed by atoms with Crippen molar-refractivity contribution in [1.82, 2.24) is 15.5 Å². The first-order valence-corrected chi connectivity index (χ1v) is 9.55. The molecule has 0 atom stereocenters. The largest absolute Gasteiger partial charge is 0.454 e. The van der Waals surface area contributed by atoms with E-state index in [1.807, 2.05) is 0 Å². The molecule has 1 aliphatic heterocycles. The van der Waals surface area contributed by atoms with E-state index in [0.717, 1.165) is 13.1 Å². The molecule has 2 aliphatic rings. The monoisotopic (exact) mass is 526 g/mol. The van der Waals surface area contributed by atoms with Crippen LogP contribution in [0.1, 0.15) is 32.3 Å². The second kappa shape index (κ2) is 11.0. The molecule has 10 heteroatoms. The Kier molecular flexibility index (Phi) is 9.00. The Bertz CT molecular complexity index is 700. The molecule has 1 heterocycles. The van der Waals surface area contributed by atoms with E-state index in [0.29, 0.717) is 35.1 Å². The van der Waals surface area contributed by atoms with Crippen molar-refractivity contribution in [3.05, 3.63) is 17.7 Å². The number of benzene rings is 1. The van der Waals surface area contributed by atoms with E-state index < -0.39 is 6.61 Å². The van der Waals surface area contributed by atoms with E-state index in [1.165, 1.54) is 18.9 Å². The number of nitrogens with zero attached hydrogens (tertiary/aromatic N) is 2. The van der Waals surface area contributed by atoms with Crippen LogP contribution in [0, 0.1) is 0 Å². The van der Waals surface area contributed by atoms with Gasteiger partial charge in [-0.25, -0.2) is 0 Å². The fraction of sp³-hybridized carbons (Fsp3) is 0.632. The Morgan fingerprint density at radius 2 is 1.93 bits per heavy atom. The van der Waals surface area contributed by atoms with Gasteiger partial charge in [0.15, 0.2) is 17.5 Å². The standard InChI is InChI=1S/C19H28F2N4O3.HI/c1-12(2)25(14-4-5-14)7-6-23-19(22-3)24-10-13-8-16-17(27-11-26-16)9-15(13)28-18(20)21;/h8-9,12,14,18H,4-7,10-11H2,1-3H3,(H2,22,23,24);1H. The van der Waals surface area contributed by atoms with Gasteiger partial charge in [-0.05, 0) is 32.8 Å². The van der Waals surface area contributed by atoms with Gasteiger partial charge in [-0.15, -0.1) is 24.0 Å². The lowest BCUT2D eigenvalue weighted by Gasteiger charge is -2.26. The van der Waals surface area contributed by atoms with Gasteiger partial charge in [0.1, 0.15) is 5.75 Å². The van der Waals surface area contributed by atoms with Crippen LogP contribution in [0.15, 0.2) is 17.1 Å². The average Bonchev–Trinajstić information content (AvgIpc) is 3.38. The Morgan fingerprint density at radius 1 is 1.24 bits per heavy atom. The first kappa shape index (κ1) is 23.7. The Hall–Kier alpha value is -1.56. The van der Waals surface area contributed by atoms with Crippen LogP contribution in [-0.2, 0) is 6.54 Å². The first-order chi connectivity index (χ1) is 13.5. The lowest BCUT2D eigenvalue weighted by atomic mass is 10.1. The molecular weight excluding hydrogens is 497 g/mol. The van der Waals surface area contributed by atoms with Crippen molar-refractivity contribution >= 4 is 29.9 Å². The van der Waals surface area contributed by atoms with E-state index in [-0.39, 0.29) is 43.1 Å². The molecule has 164 valence electrons. The molecule has 1 fully saturated rings. The van der Waals surface area contributed by atoms with Gasteiger partial charge in [-0.3, -0.25) is 9.89 Å². The topological polar surface area (TPSA) is 67.4 Å². The quantitative estimate of drug-likeness (QED) is 0.293. The first-order valence-electron chi connectivity index (χ1n) is 9.55. The maximum Gasteiger partial charge on any atom is 0.387 e. The van der Waals surface area contributed by atoms with Crippen molar-refractivity contribution in [2.24, 2.45) is 4.99 Å². The molecular formula is C19H29F2IN4O3. The predicted molar refractivity (Wildman–Crippen MR) is 118 cm³/mol. The molecule has 0 aromatic heterocycles. The Balaban J connectivity index is 0.00000300. The van der Waals surface area contributed by atoms with Gasteiger partial charge in [-0.1, -0.05) is 0 Å². The predicted octanol–water partition coefficient (Wildman–Crippen LogP) is 3.17. The number of ether oxygens (including phenoxy) is 3.